The molecule has 4 atom stereocenters. The standard InChI is InChI=1S/C19H24N4O3S.C17H20N4O3S.C16H21BrN2O3S.C9H15BN2O2.C9H15NO2.C7H8BrNO2S.2C6H12.CH3.CH2.2ClH.Fe.Li.H2O.Pd/c1-3-26-19(25)15-6-4-5-7-16(15)23-17(24)12(2)8-14-11-20-18(27-14)13-9-21-22-10-13;1-10(6-12-9-18-16(25-12)11-7-19-20-8-11)15(22)21-14-5-3-2-4-13(14)17(23)24;1-3-22-15(21)12-6-4-5-7-13(12)19-14(20)10(2)8-11-9-18-16(17)23-11;1-8(2)9(3,4)14-10(13-8)7-5-11-12-6-7;1-2-12-9(11)7-5-3-4-6-8(7)10;1-4(6(10)11)2-5-3-9-7(8)12-5;2*1-6-4-2-3-5-6;;;;;;;;/h9-12H,3-8H2,1-2H3,(H,21,22)(H,23,24);7-10H,2-6H2,1H3,(H,19,20)(H,21,22)(H,23,24);9-10H,3-8H2,1-2H3,(H,19,20);5-6H,1-4H3,(H,11,12);2-6,10H2,1H3;3-4H,2H2,1H3,(H,10,11);2*6H,2-5H2,1H3;1H3;1H2;2*1H;;;1H2;/q;;;;;;;;-1;;;;2*+1;;+2/p-3. The molecule has 6 aliphatic carbocycles. The third-order valence-corrected chi connectivity index (χ3v) is 27.5. The first-order valence-electron chi connectivity index (χ1n) is 44.1. The largest absolute Gasteiger partial charge is 1.00 e. The Morgan fingerprint density at radius 2 is 0.820 bits per heavy atom. The van der Waals surface area contributed by atoms with Gasteiger partial charge in [0, 0.05) is 126 Å². The number of hydrogen-bond donors (Lipinski definition) is 9. The number of aromatic nitrogens is 10. The summed E-state index contributed by atoms with van der Waals surface area (Å²) in [4.78, 5) is 116. The number of allylic oxidation sites excluding steroid dienone is 4. The van der Waals surface area contributed by atoms with Crippen LogP contribution in [0.5, 0.6) is 0 Å². The second-order valence-electron chi connectivity index (χ2n) is 33.2. The molecule has 3 fully saturated rings. The Morgan fingerprint density at radius 1 is 0.511 bits per heavy atom. The fourth-order valence-corrected chi connectivity index (χ4v) is 19.2. The number of ether oxygens (including phenoxy) is 3. The Balaban J connectivity index is 0.000000529. The van der Waals surface area contributed by atoms with Crippen LogP contribution in [-0.2, 0) is 119 Å². The van der Waals surface area contributed by atoms with Crippen LogP contribution in [0, 0.1) is 42.9 Å². The van der Waals surface area contributed by atoms with E-state index in [2.05, 4.69) is 133 Å². The number of carboxylic acid groups (broad SMARTS) is 2. The molecule has 14 rings (SSSR count). The van der Waals surface area contributed by atoms with Crippen molar-refractivity contribution in [3.8, 4) is 21.1 Å². The smallest absolute Gasteiger partial charge is 0.870 e. The Kier molecular flexibility index (Phi) is 61.3. The van der Waals surface area contributed by atoms with Crippen molar-refractivity contribution in [3.63, 3.8) is 0 Å². The number of nitrogens with zero attached hydrogens (tertiary/aromatic N) is 7. The zero-order valence-electron chi connectivity index (χ0n) is 79.1. The van der Waals surface area contributed by atoms with Crippen LogP contribution >= 0.6 is 96.3 Å². The van der Waals surface area contributed by atoms with Crippen molar-refractivity contribution in [2.45, 2.75) is 281 Å². The van der Waals surface area contributed by atoms with Gasteiger partial charge in [-0.1, -0.05) is 92.9 Å². The van der Waals surface area contributed by atoms with Crippen LogP contribution in [0.3, 0.4) is 0 Å². The molecular formula is C91H133BBr2Cl2FeLiN14O16PdS4. The maximum atomic E-state index is 12.6. The quantitative estimate of drug-likeness (QED) is 0.0111. The predicted molar refractivity (Wildman–Crippen MR) is 523 cm³/mol. The van der Waals surface area contributed by atoms with E-state index < -0.39 is 11.9 Å². The Morgan fingerprint density at radius 3 is 1.12 bits per heavy atom. The van der Waals surface area contributed by atoms with Gasteiger partial charge in [-0.25, -0.2) is 39.1 Å². The van der Waals surface area contributed by atoms with Gasteiger partial charge in [0.15, 0.2) is 7.83 Å². The zero-order chi connectivity index (χ0) is 95.9. The summed E-state index contributed by atoms with van der Waals surface area (Å²) in [6, 6.07) is 0. The summed E-state index contributed by atoms with van der Waals surface area (Å²) in [7, 11) is 9.32. The van der Waals surface area contributed by atoms with Gasteiger partial charge in [-0.3, -0.25) is 34.5 Å². The Labute approximate surface area is 853 Å². The average molecular weight is 2220 g/mol. The molecule has 133 heavy (non-hydrogen) atoms. The van der Waals surface area contributed by atoms with Gasteiger partial charge in [0.25, 0.3) is 0 Å². The number of carbonyl (C=O) groups excluding carboxylic acids is 6. The van der Waals surface area contributed by atoms with E-state index in [1.807, 2.05) is 48.5 Å². The molecule has 42 heteroatoms. The molecule has 1 saturated heterocycles. The molecule has 737 valence electrons. The number of thiazole rings is 4. The van der Waals surface area contributed by atoms with Crippen molar-refractivity contribution in [2.75, 3.05) is 19.8 Å². The van der Waals surface area contributed by atoms with E-state index in [1.165, 1.54) is 85.4 Å². The van der Waals surface area contributed by atoms with Crippen molar-refractivity contribution in [3.05, 3.63) is 142 Å². The molecule has 30 nitrogen and oxygen atoms in total. The van der Waals surface area contributed by atoms with Crippen molar-refractivity contribution in [1.29, 1.82) is 0 Å². The molecule has 7 aromatic rings. The maximum absolute atomic E-state index is 12.6. The summed E-state index contributed by atoms with van der Waals surface area (Å²) in [6.45, 7) is 26.6. The molecule has 0 spiro atoms. The summed E-state index contributed by atoms with van der Waals surface area (Å²) in [5.41, 5.74) is 15.9. The number of nitrogens with one attached hydrogen (secondary N) is 6. The van der Waals surface area contributed by atoms with Crippen LogP contribution in [0.1, 0.15) is 264 Å². The number of carboxylic acids is 2. The van der Waals surface area contributed by atoms with E-state index in [9.17, 15) is 43.5 Å². The van der Waals surface area contributed by atoms with E-state index in [-0.39, 0.29) is 125 Å². The number of esters is 3. The van der Waals surface area contributed by atoms with Crippen LogP contribution in [0.25, 0.3) is 21.1 Å². The van der Waals surface area contributed by atoms with E-state index in [0.717, 1.165) is 154 Å². The molecule has 2 saturated carbocycles. The Hall–Kier alpha value is -6.20. The van der Waals surface area contributed by atoms with Crippen molar-refractivity contribution >= 4 is 162 Å². The summed E-state index contributed by atoms with van der Waals surface area (Å²) in [5, 5.41) is 48.4. The first kappa shape index (κ1) is 123. The number of hydrogen-bond acceptors (Lipinski definition) is 26. The SMILES string of the molecule is CC(Cc1cnc(-c2cn[nH]c2)s1)C(=O)NC1=C(C(=O)O)CCCC1.CC(Cc1cnc(Br)s1)C(=O)O.CC1(C)OB(c2cn[nH]c2)OC1(C)C.CC1CCCC1.CC1CCCC1.CCOC(=O)C1=C(N)CCCC1.CCOC(=O)C1=C(NC(=O)C(C)Cc2cnc(-c3cn[nH]c3)s2)CCCC1.CCOC(=O)C1=C(NC(=O)C(C)Cc2cnc(Br)s2)CCCC1.[CH2]=[Fe+].[CH3-].[Cl][Pd][Cl].[Li+].[OH-]. The monoisotopic (exact) mass is 2210 g/mol. The zero-order valence-corrected chi connectivity index (χ0v) is 89.7. The topological polar surface area (TPSA) is 453 Å². The molecule has 0 bridgehead atoms. The molecular weight excluding hydrogens is 2080 g/mol. The van der Waals surface area contributed by atoms with Crippen LogP contribution in [0.4, 0.5) is 0 Å². The average Bonchev–Trinajstić information content (AvgIpc) is 1.62. The van der Waals surface area contributed by atoms with Gasteiger partial charge >= 0.3 is 112 Å². The number of carbonyl (C=O) groups is 8. The molecule has 7 aliphatic rings. The van der Waals surface area contributed by atoms with Gasteiger partial charge < -0.3 is 68.3 Å². The number of H-pyrrole nitrogens is 3. The number of nitrogens with two attached hydrogens (primary N) is 1. The molecule has 7 aromatic heterocycles. The molecule has 11 N–H and O–H groups in total. The van der Waals surface area contributed by atoms with Crippen LogP contribution in [0.15, 0.2) is 115 Å². The van der Waals surface area contributed by atoms with Crippen molar-refractivity contribution in [1.82, 2.24) is 66.5 Å². The minimum atomic E-state index is -0.935. The van der Waals surface area contributed by atoms with E-state index in [4.69, 9.17) is 53.4 Å². The minimum Gasteiger partial charge on any atom is -0.870 e. The molecule has 0 aromatic carbocycles. The predicted octanol–water partition coefficient (Wildman–Crippen LogP) is 16.8. The fourth-order valence-electron chi connectivity index (χ4n) is 14.2. The summed E-state index contributed by atoms with van der Waals surface area (Å²) < 4.78 is 28.4. The summed E-state index contributed by atoms with van der Waals surface area (Å²) in [6.07, 6.45) is 45.1. The van der Waals surface area contributed by atoms with Gasteiger partial charge in [-0.2, -0.15) is 15.3 Å². The normalized spacial score (nSPS) is 16.7. The fraction of sp³-hybridized carbons (Fsp3) is 0.571. The minimum absolute atomic E-state index is 0. The van der Waals surface area contributed by atoms with Crippen LogP contribution < -0.4 is 46.0 Å². The van der Waals surface area contributed by atoms with Crippen molar-refractivity contribution in [2.24, 2.45) is 41.2 Å². The molecule has 8 heterocycles. The van der Waals surface area contributed by atoms with Crippen molar-refractivity contribution < 1.29 is 128 Å². The number of aromatic amines is 3. The second kappa shape index (κ2) is 66.4. The van der Waals surface area contributed by atoms with E-state index in [0.29, 0.717) is 106 Å². The van der Waals surface area contributed by atoms with Crippen LogP contribution in [-0.4, -0.2) is 157 Å². The van der Waals surface area contributed by atoms with Gasteiger partial charge in [0.2, 0.25) is 17.7 Å². The molecule has 3 amide bonds. The van der Waals surface area contributed by atoms with Gasteiger partial charge in [-0.15, -0.1) is 45.3 Å². The first-order valence-corrected chi connectivity index (χ1v) is 53.8. The maximum Gasteiger partial charge on any atom is 1.00 e. The second-order valence-corrected chi connectivity index (χ2v) is 42.6. The molecule has 0 radical (unpaired) electrons. The third kappa shape index (κ3) is 44.2. The van der Waals surface area contributed by atoms with E-state index in [1.54, 1.807) is 101 Å². The molecule has 1 aliphatic heterocycles. The summed E-state index contributed by atoms with van der Waals surface area (Å²) >= 11 is 15.5. The van der Waals surface area contributed by atoms with E-state index >= 15 is 0 Å². The van der Waals surface area contributed by atoms with Gasteiger partial charge in [0.1, 0.15) is 10.0 Å². The third-order valence-electron chi connectivity index (χ3n) is 22.3. The number of aliphatic carboxylic acids is 2. The Bertz CT molecular complexity index is 4730. The first-order chi connectivity index (χ1) is 62.1. The number of amides is 3. The number of rotatable bonds is 25. The summed E-state index contributed by atoms with van der Waals surface area (Å²) in [5.74, 6) is -1.73. The number of halogens is 4. The van der Waals surface area contributed by atoms with Gasteiger partial charge in [-0.05, 0) is 221 Å². The molecule has 4 unspecified atom stereocenters. The van der Waals surface area contributed by atoms with Gasteiger partial charge in [0.05, 0.1) is 71.6 Å². The van der Waals surface area contributed by atoms with Crippen LogP contribution in [0.2, 0.25) is 0 Å².